The summed E-state index contributed by atoms with van der Waals surface area (Å²) < 4.78 is 19.3. The van der Waals surface area contributed by atoms with Crippen molar-refractivity contribution < 1.29 is 9.13 Å². The molecule has 0 amide bonds. The Hall–Kier alpha value is -1.55. The van der Waals surface area contributed by atoms with Gasteiger partial charge < -0.3 is 10.5 Å². The van der Waals surface area contributed by atoms with Crippen LogP contribution in [-0.4, -0.2) is 0 Å². The van der Waals surface area contributed by atoms with Crippen LogP contribution in [0.25, 0.3) is 0 Å². The Morgan fingerprint density at radius 2 is 1.94 bits per heavy atom. The number of hydrogen-bond acceptors (Lipinski definition) is 2. The number of nitrogen functional groups attached to an aromatic ring is 1. The first-order valence-corrected chi connectivity index (χ1v) is 5.84. The Labute approximate surface area is 107 Å². The third kappa shape index (κ3) is 2.97. The Balaban J connectivity index is 2.31. The maximum absolute atomic E-state index is 13.2. The largest absolute Gasteiger partial charge is 0.455 e. The van der Waals surface area contributed by atoms with E-state index in [-0.39, 0.29) is 5.82 Å². The number of nitrogens with two attached hydrogens (primary N) is 1. The summed E-state index contributed by atoms with van der Waals surface area (Å²) in [5, 5.41) is 0. The van der Waals surface area contributed by atoms with Gasteiger partial charge in [0.05, 0.1) is 5.69 Å². The predicted molar refractivity (Wildman–Crippen MR) is 69.8 cm³/mol. The van der Waals surface area contributed by atoms with E-state index < -0.39 is 0 Å². The molecule has 0 spiro atoms. The lowest BCUT2D eigenvalue weighted by Crippen LogP contribution is -1.93. The number of aryl methyl sites for hydroxylation is 1. The highest BCUT2D eigenvalue weighted by Gasteiger charge is 2.04. The lowest BCUT2D eigenvalue weighted by Gasteiger charge is -2.09. The summed E-state index contributed by atoms with van der Waals surface area (Å²) in [4.78, 5) is 0. The molecule has 0 aliphatic carbocycles. The van der Waals surface area contributed by atoms with Gasteiger partial charge in [-0.05, 0) is 36.8 Å². The van der Waals surface area contributed by atoms with Crippen molar-refractivity contribution in [2.45, 2.75) is 6.92 Å². The highest BCUT2D eigenvalue weighted by Crippen LogP contribution is 2.30. The summed E-state index contributed by atoms with van der Waals surface area (Å²) in [5.74, 6) is 0.570. The summed E-state index contributed by atoms with van der Waals surface area (Å²) in [6, 6.07) is 9.82. The number of halogens is 2. The van der Waals surface area contributed by atoms with Crippen LogP contribution >= 0.6 is 15.9 Å². The number of benzene rings is 2. The lowest BCUT2D eigenvalue weighted by atomic mass is 10.2. The van der Waals surface area contributed by atoms with Crippen LogP contribution in [0.1, 0.15) is 5.56 Å². The van der Waals surface area contributed by atoms with E-state index in [4.69, 9.17) is 10.5 Å². The Morgan fingerprint density at radius 3 is 2.59 bits per heavy atom. The zero-order valence-electron chi connectivity index (χ0n) is 9.21. The van der Waals surface area contributed by atoms with E-state index in [0.29, 0.717) is 21.7 Å². The fraction of sp³-hybridized carbons (Fsp3) is 0.0769. The summed E-state index contributed by atoms with van der Waals surface area (Å²) >= 11 is 3.21. The minimum atomic E-state index is -0.361. The van der Waals surface area contributed by atoms with Gasteiger partial charge in [0.25, 0.3) is 0 Å². The molecule has 17 heavy (non-hydrogen) atoms. The zero-order chi connectivity index (χ0) is 12.4. The molecule has 2 rings (SSSR count). The molecule has 0 unspecified atom stereocenters. The second-order valence-corrected chi connectivity index (χ2v) is 4.66. The molecule has 4 heteroatoms. The maximum atomic E-state index is 13.2. The fourth-order valence-electron chi connectivity index (χ4n) is 1.48. The van der Waals surface area contributed by atoms with Gasteiger partial charge in [0.1, 0.15) is 17.3 Å². The third-order valence-corrected chi connectivity index (χ3v) is 2.69. The molecule has 0 atom stereocenters. The van der Waals surface area contributed by atoms with Crippen molar-refractivity contribution in [3.63, 3.8) is 0 Å². The van der Waals surface area contributed by atoms with Crippen molar-refractivity contribution in [1.29, 1.82) is 0 Å². The molecule has 2 aromatic carbocycles. The monoisotopic (exact) mass is 295 g/mol. The van der Waals surface area contributed by atoms with Gasteiger partial charge in [0.15, 0.2) is 0 Å². The van der Waals surface area contributed by atoms with Crippen LogP contribution in [0.15, 0.2) is 40.9 Å². The molecule has 88 valence electrons. The number of hydrogen-bond donors (Lipinski definition) is 1. The van der Waals surface area contributed by atoms with E-state index in [2.05, 4.69) is 15.9 Å². The zero-order valence-corrected chi connectivity index (χ0v) is 10.8. The fourth-order valence-corrected chi connectivity index (χ4v) is 1.92. The third-order valence-electron chi connectivity index (χ3n) is 2.23. The summed E-state index contributed by atoms with van der Waals surface area (Å²) in [7, 11) is 0. The van der Waals surface area contributed by atoms with Crippen molar-refractivity contribution >= 4 is 21.6 Å². The minimum Gasteiger partial charge on any atom is -0.455 e. The van der Waals surface area contributed by atoms with Gasteiger partial charge in [-0.3, -0.25) is 0 Å². The van der Waals surface area contributed by atoms with E-state index >= 15 is 0 Å². The summed E-state index contributed by atoms with van der Waals surface area (Å²) in [5.41, 5.74) is 7.40. The van der Waals surface area contributed by atoms with E-state index in [1.807, 2.05) is 19.1 Å². The molecule has 0 aromatic heterocycles. The number of ether oxygens (including phenoxy) is 1. The Morgan fingerprint density at radius 1 is 1.18 bits per heavy atom. The van der Waals surface area contributed by atoms with Crippen molar-refractivity contribution in [3.8, 4) is 11.5 Å². The van der Waals surface area contributed by atoms with Gasteiger partial charge in [-0.25, -0.2) is 4.39 Å². The first-order chi connectivity index (χ1) is 8.04. The average molecular weight is 296 g/mol. The molecule has 0 aliphatic heterocycles. The van der Waals surface area contributed by atoms with Crippen LogP contribution in [0.5, 0.6) is 11.5 Å². The second-order valence-electron chi connectivity index (χ2n) is 3.75. The predicted octanol–water partition coefficient (Wildman–Crippen LogP) is 4.27. The quantitative estimate of drug-likeness (QED) is 0.840. The normalized spacial score (nSPS) is 10.3. The highest BCUT2D eigenvalue weighted by molar-refractivity contribution is 9.10. The van der Waals surface area contributed by atoms with Gasteiger partial charge in [-0.1, -0.05) is 22.0 Å². The second kappa shape index (κ2) is 4.75. The van der Waals surface area contributed by atoms with Gasteiger partial charge >= 0.3 is 0 Å². The molecule has 2 N–H and O–H groups in total. The van der Waals surface area contributed by atoms with Crippen molar-refractivity contribution in [2.75, 3.05) is 5.73 Å². The van der Waals surface area contributed by atoms with Crippen molar-refractivity contribution in [2.24, 2.45) is 0 Å². The average Bonchev–Trinajstić information content (AvgIpc) is 2.21. The molecule has 2 nitrogen and oxygen atoms in total. The molecule has 0 radical (unpaired) electrons. The van der Waals surface area contributed by atoms with Crippen LogP contribution in [0.4, 0.5) is 10.1 Å². The molecule has 2 aromatic rings. The highest BCUT2D eigenvalue weighted by atomic mass is 79.9. The first kappa shape index (κ1) is 11.9. The smallest absolute Gasteiger partial charge is 0.150 e. The molecule has 0 saturated carbocycles. The Bertz CT molecular complexity index is 537. The van der Waals surface area contributed by atoms with Crippen LogP contribution in [0.3, 0.4) is 0 Å². The number of anilines is 1. The number of rotatable bonds is 2. The minimum absolute atomic E-state index is 0.361. The SMILES string of the molecule is Cc1ccc(Oc2cc(F)cc(Br)c2)c(N)c1. The molecule has 0 bridgehead atoms. The molecular formula is C13H11BrFNO. The van der Waals surface area contributed by atoms with E-state index in [9.17, 15) is 4.39 Å². The van der Waals surface area contributed by atoms with E-state index in [0.717, 1.165) is 5.56 Å². The van der Waals surface area contributed by atoms with Crippen LogP contribution in [0.2, 0.25) is 0 Å². The van der Waals surface area contributed by atoms with E-state index in [1.54, 1.807) is 12.1 Å². The van der Waals surface area contributed by atoms with Gasteiger partial charge in [0, 0.05) is 10.5 Å². The van der Waals surface area contributed by atoms with Gasteiger partial charge in [-0.2, -0.15) is 0 Å². The van der Waals surface area contributed by atoms with Crippen molar-refractivity contribution in [1.82, 2.24) is 0 Å². The van der Waals surface area contributed by atoms with Gasteiger partial charge in [-0.15, -0.1) is 0 Å². The summed E-state index contributed by atoms with van der Waals surface area (Å²) in [6.07, 6.45) is 0. The standard InChI is InChI=1S/C13H11BrFNO/c1-8-2-3-13(12(16)4-8)17-11-6-9(14)5-10(15)7-11/h2-7H,16H2,1H3. The first-order valence-electron chi connectivity index (χ1n) is 5.04. The molecule has 0 heterocycles. The summed E-state index contributed by atoms with van der Waals surface area (Å²) in [6.45, 7) is 1.94. The molecule has 0 aliphatic rings. The van der Waals surface area contributed by atoms with Gasteiger partial charge in [0.2, 0.25) is 0 Å². The lowest BCUT2D eigenvalue weighted by molar-refractivity contribution is 0.478. The van der Waals surface area contributed by atoms with E-state index in [1.165, 1.54) is 12.1 Å². The van der Waals surface area contributed by atoms with Crippen LogP contribution < -0.4 is 10.5 Å². The molecular weight excluding hydrogens is 285 g/mol. The topological polar surface area (TPSA) is 35.2 Å². The maximum Gasteiger partial charge on any atom is 0.150 e. The van der Waals surface area contributed by atoms with Crippen molar-refractivity contribution in [3.05, 3.63) is 52.3 Å². The molecule has 0 saturated heterocycles. The molecule has 0 fully saturated rings. The van der Waals surface area contributed by atoms with Crippen LogP contribution in [0, 0.1) is 12.7 Å². The van der Waals surface area contributed by atoms with Crippen LogP contribution in [-0.2, 0) is 0 Å². The Kier molecular flexibility index (Phi) is 3.33.